The number of rotatable bonds is 7. The van der Waals surface area contributed by atoms with Crippen molar-refractivity contribution in [3.63, 3.8) is 0 Å². The summed E-state index contributed by atoms with van der Waals surface area (Å²) in [7, 11) is 6.18. The molecule has 0 aromatic carbocycles. The molecule has 0 spiro atoms. The molecule has 116 valence electrons. The number of hydrogen-bond acceptors (Lipinski definition) is 4. The fourth-order valence-corrected chi connectivity index (χ4v) is 2.40. The maximum atomic E-state index is 6.35. The van der Waals surface area contributed by atoms with Gasteiger partial charge in [0.15, 0.2) is 0 Å². The topological polar surface area (TPSA) is 50.3 Å². The van der Waals surface area contributed by atoms with Crippen molar-refractivity contribution in [2.75, 3.05) is 44.4 Å². The van der Waals surface area contributed by atoms with Gasteiger partial charge in [0, 0.05) is 26.7 Å². The van der Waals surface area contributed by atoms with Gasteiger partial charge in [-0.2, -0.15) is 5.10 Å². The number of likely N-dealkylation sites (N-methyl/N-ethyl adjacent to an activating group) is 1. The van der Waals surface area contributed by atoms with Crippen molar-refractivity contribution in [2.24, 2.45) is 13.0 Å². The zero-order chi connectivity index (χ0) is 15.4. The third-order valence-corrected chi connectivity index (χ3v) is 3.33. The van der Waals surface area contributed by atoms with Crippen molar-refractivity contribution >= 4 is 11.5 Å². The number of hydrogen-bond donors (Lipinski definition) is 1. The highest BCUT2D eigenvalue weighted by atomic mass is 15.4. The minimum Gasteiger partial charge on any atom is -0.394 e. The van der Waals surface area contributed by atoms with E-state index in [0.29, 0.717) is 11.8 Å². The standard InChI is InChI=1S/C15H31N5/c1-11(2)10-20(9-8-18(5)6)15-13(16)14(12(3)4)17-19(15)7/h11-12H,8-10,16H2,1-7H3. The number of aryl methyl sites for hydroxylation is 1. The van der Waals surface area contributed by atoms with Crippen LogP contribution in [0, 0.1) is 5.92 Å². The predicted octanol–water partition coefficient (Wildman–Crippen LogP) is 2.15. The van der Waals surface area contributed by atoms with Crippen LogP contribution in [0.4, 0.5) is 11.5 Å². The van der Waals surface area contributed by atoms with E-state index in [1.807, 2.05) is 11.7 Å². The maximum Gasteiger partial charge on any atom is 0.150 e. The lowest BCUT2D eigenvalue weighted by Gasteiger charge is -2.28. The molecule has 0 amide bonds. The molecule has 0 unspecified atom stereocenters. The van der Waals surface area contributed by atoms with Crippen molar-refractivity contribution in [3.8, 4) is 0 Å². The van der Waals surface area contributed by atoms with E-state index in [4.69, 9.17) is 5.73 Å². The largest absolute Gasteiger partial charge is 0.394 e. The fourth-order valence-electron chi connectivity index (χ4n) is 2.40. The van der Waals surface area contributed by atoms with Gasteiger partial charge in [0.05, 0.1) is 11.4 Å². The molecule has 2 N–H and O–H groups in total. The van der Waals surface area contributed by atoms with Crippen LogP contribution in [-0.2, 0) is 7.05 Å². The summed E-state index contributed by atoms with van der Waals surface area (Å²) in [5.74, 6) is 2.00. The number of nitrogens with zero attached hydrogens (tertiary/aromatic N) is 4. The minimum absolute atomic E-state index is 0.352. The first-order valence-corrected chi connectivity index (χ1v) is 7.46. The van der Waals surface area contributed by atoms with Gasteiger partial charge in [0.2, 0.25) is 0 Å². The number of aromatic nitrogens is 2. The Labute approximate surface area is 123 Å². The van der Waals surface area contributed by atoms with Gasteiger partial charge < -0.3 is 15.5 Å². The summed E-state index contributed by atoms with van der Waals surface area (Å²) >= 11 is 0. The molecule has 5 heteroatoms. The highest BCUT2D eigenvalue weighted by Gasteiger charge is 2.21. The molecule has 0 saturated carbocycles. The first-order valence-electron chi connectivity index (χ1n) is 7.46. The Hall–Kier alpha value is -1.23. The molecular formula is C15H31N5. The van der Waals surface area contributed by atoms with Crippen LogP contribution in [0.2, 0.25) is 0 Å². The van der Waals surface area contributed by atoms with E-state index in [1.165, 1.54) is 0 Å². The van der Waals surface area contributed by atoms with E-state index in [9.17, 15) is 0 Å². The number of anilines is 2. The van der Waals surface area contributed by atoms with E-state index < -0.39 is 0 Å². The summed E-state index contributed by atoms with van der Waals surface area (Å²) in [6.45, 7) is 11.7. The van der Waals surface area contributed by atoms with Crippen LogP contribution in [0.3, 0.4) is 0 Å². The molecule has 1 rings (SSSR count). The third-order valence-electron chi connectivity index (χ3n) is 3.33. The number of nitrogens with two attached hydrogens (primary N) is 1. The Kier molecular flexibility index (Phi) is 5.87. The van der Waals surface area contributed by atoms with Gasteiger partial charge in [-0.1, -0.05) is 27.7 Å². The van der Waals surface area contributed by atoms with E-state index in [-0.39, 0.29) is 0 Å². The molecule has 0 aliphatic carbocycles. The average molecular weight is 281 g/mol. The monoisotopic (exact) mass is 281 g/mol. The summed E-state index contributed by atoms with van der Waals surface area (Å²) in [5.41, 5.74) is 8.19. The molecule has 1 heterocycles. The fraction of sp³-hybridized carbons (Fsp3) is 0.800. The van der Waals surface area contributed by atoms with Crippen molar-refractivity contribution < 1.29 is 0 Å². The van der Waals surface area contributed by atoms with Gasteiger partial charge in [-0.3, -0.25) is 4.68 Å². The van der Waals surface area contributed by atoms with Crippen LogP contribution < -0.4 is 10.6 Å². The molecule has 0 aliphatic heterocycles. The quantitative estimate of drug-likeness (QED) is 0.832. The second kappa shape index (κ2) is 6.97. The molecule has 5 nitrogen and oxygen atoms in total. The highest BCUT2D eigenvalue weighted by Crippen LogP contribution is 2.31. The summed E-state index contributed by atoms with van der Waals surface area (Å²) in [5, 5.41) is 4.60. The number of nitrogen functional groups attached to an aromatic ring is 1. The van der Waals surface area contributed by atoms with E-state index in [0.717, 1.165) is 36.8 Å². The van der Waals surface area contributed by atoms with Crippen molar-refractivity contribution in [3.05, 3.63) is 5.69 Å². The third kappa shape index (κ3) is 4.13. The highest BCUT2D eigenvalue weighted by molar-refractivity contribution is 5.67. The van der Waals surface area contributed by atoms with Crippen LogP contribution in [0.25, 0.3) is 0 Å². The van der Waals surface area contributed by atoms with Gasteiger partial charge >= 0.3 is 0 Å². The van der Waals surface area contributed by atoms with Crippen molar-refractivity contribution in [2.45, 2.75) is 33.6 Å². The van der Waals surface area contributed by atoms with Gasteiger partial charge in [0.1, 0.15) is 5.82 Å². The average Bonchev–Trinajstić information content (AvgIpc) is 2.60. The molecular weight excluding hydrogens is 250 g/mol. The lowest BCUT2D eigenvalue weighted by Crippen LogP contribution is -2.36. The summed E-state index contributed by atoms with van der Waals surface area (Å²) < 4.78 is 1.93. The normalized spacial score (nSPS) is 11.9. The molecule has 0 fully saturated rings. The second-order valence-corrected chi connectivity index (χ2v) is 6.54. The molecule has 20 heavy (non-hydrogen) atoms. The van der Waals surface area contributed by atoms with Crippen LogP contribution in [-0.4, -0.2) is 48.4 Å². The molecule has 0 bridgehead atoms. The first-order chi connectivity index (χ1) is 9.23. The Morgan fingerprint density at radius 3 is 2.15 bits per heavy atom. The predicted molar refractivity (Wildman–Crippen MR) is 87.3 cm³/mol. The first kappa shape index (κ1) is 16.8. The van der Waals surface area contributed by atoms with E-state index in [2.05, 4.69) is 56.7 Å². The molecule has 0 saturated heterocycles. The van der Waals surface area contributed by atoms with E-state index in [1.54, 1.807) is 0 Å². The Balaban J connectivity index is 3.06. The molecule has 0 atom stereocenters. The molecule has 1 aromatic rings. The summed E-state index contributed by atoms with van der Waals surface area (Å²) in [6, 6.07) is 0. The molecule has 1 aromatic heterocycles. The zero-order valence-electron chi connectivity index (χ0n) is 14.1. The van der Waals surface area contributed by atoms with Gasteiger partial charge in [-0.05, 0) is 25.9 Å². The van der Waals surface area contributed by atoms with Crippen molar-refractivity contribution in [1.82, 2.24) is 14.7 Å². The summed E-state index contributed by atoms with van der Waals surface area (Å²) in [6.07, 6.45) is 0. The Bertz CT molecular complexity index is 420. The van der Waals surface area contributed by atoms with Crippen LogP contribution in [0.15, 0.2) is 0 Å². The summed E-state index contributed by atoms with van der Waals surface area (Å²) in [4.78, 5) is 4.56. The van der Waals surface area contributed by atoms with Gasteiger partial charge in [-0.25, -0.2) is 0 Å². The minimum atomic E-state index is 0.352. The Morgan fingerprint density at radius 2 is 1.75 bits per heavy atom. The SMILES string of the molecule is CC(C)CN(CCN(C)C)c1c(N)c(C(C)C)nn1C. The van der Waals surface area contributed by atoms with Crippen LogP contribution in [0.5, 0.6) is 0 Å². The zero-order valence-corrected chi connectivity index (χ0v) is 14.1. The van der Waals surface area contributed by atoms with E-state index >= 15 is 0 Å². The van der Waals surface area contributed by atoms with Crippen LogP contribution >= 0.6 is 0 Å². The second-order valence-electron chi connectivity index (χ2n) is 6.54. The molecule has 0 aliphatic rings. The van der Waals surface area contributed by atoms with Gasteiger partial charge in [-0.15, -0.1) is 0 Å². The lowest BCUT2D eigenvalue weighted by atomic mass is 10.1. The van der Waals surface area contributed by atoms with Crippen LogP contribution in [0.1, 0.15) is 39.3 Å². The Morgan fingerprint density at radius 1 is 1.15 bits per heavy atom. The smallest absolute Gasteiger partial charge is 0.150 e. The maximum absolute atomic E-state index is 6.35. The van der Waals surface area contributed by atoms with Gasteiger partial charge in [0.25, 0.3) is 0 Å². The lowest BCUT2D eigenvalue weighted by molar-refractivity contribution is 0.407. The molecule has 0 radical (unpaired) electrons. The van der Waals surface area contributed by atoms with Crippen molar-refractivity contribution in [1.29, 1.82) is 0 Å².